The molecule has 4 rings (SSSR count). The lowest BCUT2D eigenvalue weighted by atomic mass is 9.85. The van der Waals surface area contributed by atoms with Crippen molar-refractivity contribution < 1.29 is 18.7 Å². The van der Waals surface area contributed by atoms with Gasteiger partial charge < -0.3 is 4.74 Å². The molecule has 1 aliphatic heterocycles. The van der Waals surface area contributed by atoms with Gasteiger partial charge in [0.05, 0.1) is 17.9 Å². The van der Waals surface area contributed by atoms with Crippen LogP contribution in [-0.4, -0.2) is 39.1 Å². The number of rotatable bonds is 7. The number of alkyl halides is 1. The Kier molecular flexibility index (Phi) is 5.44. The molecule has 0 amide bonds. The third-order valence-electron chi connectivity index (χ3n) is 5.31. The highest BCUT2D eigenvalue weighted by Gasteiger charge is 2.38. The maximum absolute atomic E-state index is 13.9. The Bertz CT molecular complexity index is 1090. The Hall–Kier alpha value is -3.35. The Labute approximate surface area is 173 Å². The third kappa shape index (κ3) is 3.63. The first-order valence-electron chi connectivity index (χ1n) is 9.88. The summed E-state index contributed by atoms with van der Waals surface area (Å²) in [6.45, 7) is 1.05. The van der Waals surface area contributed by atoms with Gasteiger partial charge in [0, 0.05) is 24.6 Å². The van der Waals surface area contributed by atoms with Crippen LogP contribution in [-0.2, 0) is 13.5 Å². The topological polar surface area (TPSA) is 74.1 Å². The van der Waals surface area contributed by atoms with Crippen LogP contribution in [0.4, 0.5) is 4.39 Å². The van der Waals surface area contributed by atoms with Crippen molar-refractivity contribution in [2.24, 2.45) is 7.05 Å². The normalized spacial score (nSPS) is 17.4. The summed E-state index contributed by atoms with van der Waals surface area (Å²) < 4.78 is 21.3. The summed E-state index contributed by atoms with van der Waals surface area (Å²) in [5.41, 5.74) is 2.25. The molecule has 1 aliphatic rings. The number of Topliss-reactive ketones (excluding diaryl/α,β-unsaturated/α-hetero) is 2. The Morgan fingerprint density at radius 3 is 2.57 bits per heavy atom. The van der Waals surface area contributed by atoms with Crippen molar-refractivity contribution >= 4 is 11.6 Å². The molecule has 0 unspecified atom stereocenters. The van der Waals surface area contributed by atoms with E-state index in [0.717, 1.165) is 5.56 Å². The highest BCUT2D eigenvalue weighted by molar-refractivity contribution is 6.04. The highest BCUT2D eigenvalue weighted by Crippen LogP contribution is 2.45. The molecule has 0 radical (unpaired) electrons. The molecular weight excluding hydrogens is 385 g/mol. The van der Waals surface area contributed by atoms with Gasteiger partial charge in [-0.2, -0.15) is 5.10 Å². The number of carbonyl (C=O) groups is 2. The zero-order valence-corrected chi connectivity index (χ0v) is 16.8. The van der Waals surface area contributed by atoms with Crippen molar-refractivity contribution in [1.29, 1.82) is 0 Å². The van der Waals surface area contributed by atoms with Crippen molar-refractivity contribution in [1.82, 2.24) is 14.8 Å². The first-order chi connectivity index (χ1) is 14.5. The standard InChI is InChI=1S/C23H22FN3O3/c1-3-18(28)16-9-15(19(29)11-21-25-13-27(2)26-21)10-17-22(14-7-5-4-6-8-14)20(12-24)30-23(16)17/h4-10,13,20,22H,3,11-12H2,1-2H3/t20-,22+/m0/s1. The van der Waals surface area contributed by atoms with E-state index in [4.69, 9.17) is 4.74 Å². The van der Waals surface area contributed by atoms with Crippen molar-refractivity contribution in [3.8, 4) is 5.75 Å². The number of hydrogen-bond donors (Lipinski definition) is 0. The number of halogens is 1. The number of fused-ring (bicyclic) bond motifs is 1. The summed E-state index contributed by atoms with van der Waals surface area (Å²) in [4.78, 5) is 29.7. The van der Waals surface area contributed by atoms with E-state index in [2.05, 4.69) is 10.1 Å². The lowest BCUT2D eigenvalue weighted by Gasteiger charge is -2.16. The second-order valence-corrected chi connectivity index (χ2v) is 7.35. The number of hydrogen-bond acceptors (Lipinski definition) is 5. The van der Waals surface area contributed by atoms with Crippen molar-refractivity contribution in [3.63, 3.8) is 0 Å². The summed E-state index contributed by atoms with van der Waals surface area (Å²) >= 11 is 0. The summed E-state index contributed by atoms with van der Waals surface area (Å²) in [7, 11) is 1.73. The van der Waals surface area contributed by atoms with Gasteiger partial charge in [-0.15, -0.1) is 0 Å². The summed E-state index contributed by atoms with van der Waals surface area (Å²) in [6, 6.07) is 12.7. The zero-order chi connectivity index (χ0) is 21.3. The number of benzene rings is 2. The predicted octanol–water partition coefficient (Wildman–Crippen LogP) is 3.70. The number of carbonyl (C=O) groups excluding carboxylic acids is 2. The van der Waals surface area contributed by atoms with E-state index in [1.165, 1.54) is 11.0 Å². The van der Waals surface area contributed by atoms with E-state index in [-0.39, 0.29) is 24.4 Å². The fourth-order valence-electron chi connectivity index (χ4n) is 3.88. The number of aromatic nitrogens is 3. The molecule has 7 heteroatoms. The molecule has 0 spiro atoms. The third-order valence-corrected chi connectivity index (χ3v) is 5.31. The average molecular weight is 407 g/mol. The Balaban J connectivity index is 1.81. The van der Waals surface area contributed by atoms with Gasteiger partial charge in [-0.3, -0.25) is 14.3 Å². The summed E-state index contributed by atoms with van der Waals surface area (Å²) in [6.07, 6.45) is 1.06. The number of ether oxygens (including phenoxy) is 1. The van der Waals surface area contributed by atoms with Gasteiger partial charge in [0.25, 0.3) is 0 Å². The minimum absolute atomic E-state index is 0.0166. The van der Waals surface area contributed by atoms with Crippen LogP contribution in [0.1, 0.15) is 56.9 Å². The van der Waals surface area contributed by atoms with Crippen molar-refractivity contribution in [2.75, 3.05) is 6.67 Å². The second-order valence-electron chi connectivity index (χ2n) is 7.35. The van der Waals surface area contributed by atoms with Crippen LogP contribution in [0.25, 0.3) is 0 Å². The van der Waals surface area contributed by atoms with Crippen LogP contribution < -0.4 is 4.74 Å². The lowest BCUT2D eigenvalue weighted by Crippen LogP contribution is -2.22. The number of aryl methyl sites for hydroxylation is 1. The maximum atomic E-state index is 13.9. The van der Waals surface area contributed by atoms with E-state index in [9.17, 15) is 14.0 Å². The Morgan fingerprint density at radius 2 is 1.93 bits per heavy atom. The SMILES string of the molecule is CCC(=O)c1cc(C(=O)Cc2ncn(C)n2)cc2c1O[C@@H](CF)[C@@H]2c1ccccc1. The molecule has 3 aromatic rings. The Morgan fingerprint density at radius 1 is 1.17 bits per heavy atom. The molecule has 30 heavy (non-hydrogen) atoms. The van der Waals surface area contributed by atoms with Gasteiger partial charge in [-0.05, 0) is 17.7 Å². The zero-order valence-electron chi connectivity index (χ0n) is 16.8. The average Bonchev–Trinajstić information content (AvgIpc) is 3.35. The molecule has 2 atom stereocenters. The predicted molar refractivity (Wildman–Crippen MR) is 109 cm³/mol. The van der Waals surface area contributed by atoms with Crippen LogP contribution in [0.5, 0.6) is 5.75 Å². The van der Waals surface area contributed by atoms with E-state index in [0.29, 0.717) is 28.3 Å². The van der Waals surface area contributed by atoms with Crippen LogP contribution in [0.2, 0.25) is 0 Å². The smallest absolute Gasteiger partial charge is 0.170 e. The highest BCUT2D eigenvalue weighted by atomic mass is 19.1. The summed E-state index contributed by atoms with van der Waals surface area (Å²) in [5.74, 6) is 0.0397. The second kappa shape index (κ2) is 8.18. The molecule has 0 N–H and O–H groups in total. The quantitative estimate of drug-likeness (QED) is 0.559. The van der Waals surface area contributed by atoms with Crippen LogP contribution in [0.15, 0.2) is 48.8 Å². The molecule has 1 aromatic heterocycles. The molecule has 0 aliphatic carbocycles. The fourth-order valence-corrected chi connectivity index (χ4v) is 3.88. The minimum Gasteiger partial charge on any atom is -0.486 e. The van der Waals surface area contributed by atoms with Gasteiger partial charge in [0.15, 0.2) is 17.4 Å². The summed E-state index contributed by atoms with van der Waals surface area (Å²) in [5, 5.41) is 4.15. The number of nitrogens with zero attached hydrogens (tertiary/aromatic N) is 3. The van der Waals surface area contributed by atoms with Gasteiger partial charge in [0.1, 0.15) is 24.9 Å². The van der Waals surface area contributed by atoms with E-state index in [1.54, 1.807) is 26.1 Å². The van der Waals surface area contributed by atoms with E-state index in [1.807, 2.05) is 30.3 Å². The van der Waals surface area contributed by atoms with Crippen LogP contribution >= 0.6 is 0 Å². The molecule has 0 bridgehead atoms. The fraction of sp³-hybridized carbons (Fsp3) is 0.304. The first-order valence-corrected chi connectivity index (χ1v) is 9.88. The van der Waals surface area contributed by atoms with Gasteiger partial charge in [0.2, 0.25) is 0 Å². The molecule has 6 nitrogen and oxygen atoms in total. The van der Waals surface area contributed by atoms with Crippen LogP contribution in [0.3, 0.4) is 0 Å². The van der Waals surface area contributed by atoms with Gasteiger partial charge in [-0.1, -0.05) is 37.3 Å². The molecule has 2 aromatic carbocycles. The largest absolute Gasteiger partial charge is 0.486 e. The first kappa shape index (κ1) is 19.9. The van der Waals surface area contributed by atoms with E-state index < -0.39 is 18.7 Å². The molecule has 0 saturated carbocycles. The maximum Gasteiger partial charge on any atom is 0.170 e. The van der Waals surface area contributed by atoms with Crippen molar-refractivity contribution in [2.45, 2.75) is 31.8 Å². The molecule has 154 valence electrons. The van der Waals surface area contributed by atoms with Gasteiger partial charge in [-0.25, -0.2) is 9.37 Å². The number of ketones is 2. The van der Waals surface area contributed by atoms with Crippen molar-refractivity contribution in [3.05, 3.63) is 76.9 Å². The molecular formula is C23H22FN3O3. The lowest BCUT2D eigenvalue weighted by molar-refractivity contribution is 0.0980. The van der Waals surface area contributed by atoms with E-state index >= 15 is 0 Å². The molecule has 0 fully saturated rings. The molecule has 2 heterocycles. The minimum atomic E-state index is -0.742. The van der Waals surface area contributed by atoms with Gasteiger partial charge >= 0.3 is 0 Å². The monoisotopic (exact) mass is 407 g/mol. The molecule has 0 saturated heterocycles. The van der Waals surface area contributed by atoms with Crippen LogP contribution in [0, 0.1) is 0 Å².